The van der Waals surface area contributed by atoms with E-state index in [1.807, 2.05) is 31.4 Å². The summed E-state index contributed by atoms with van der Waals surface area (Å²) in [5, 5.41) is 2.46. The van der Waals surface area contributed by atoms with E-state index in [1.165, 1.54) is 43.9 Å². The van der Waals surface area contributed by atoms with Crippen LogP contribution in [0.5, 0.6) is 0 Å². The van der Waals surface area contributed by atoms with E-state index in [-0.39, 0.29) is 18.5 Å². The monoisotopic (exact) mass is 412 g/mol. The Hall–Kier alpha value is -2.21. The number of amides is 1. The number of aromatic nitrogens is 1. The summed E-state index contributed by atoms with van der Waals surface area (Å²) in [4.78, 5) is 30.8. The van der Waals surface area contributed by atoms with Crippen molar-refractivity contribution in [3.05, 3.63) is 40.4 Å². The highest BCUT2D eigenvalue weighted by molar-refractivity contribution is 7.14. The lowest BCUT2D eigenvalue weighted by atomic mass is 9.86. The molecule has 6 heteroatoms. The van der Waals surface area contributed by atoms with Crippen LogP contribution in [-0.4, -0.2) is 16.9 Å². The lowest BCUT2D eigenvalue weighted by Crippen LogP contribution is -2.23. The molecule has 0 aliphatic heterocycles. The van der Waals surface area contributed by atoms with Gasteiger partial charge in [-0.3, -0.25) is 14.5 Å². The van der Waals surface area contributed by atoms with Crippen molar-refractivity contribution in [2.24, 2.45) is 17.8 Å². The van der Waals surface area contributed by atoms with Crippen LogP contribution in [0.15, 0.2) is 23.6 Å². The Balaban J connectivity index is 1.39. The Labute approximate surface area is 176 Å². The minimum absolute atomic E-state index is 0.0915. The van der Waals surface area contributed by atoms with Crippen molar-refractivity contribution in [2.75, 3.05) is 4.90 Å². The maximum absolute atomic E-state index is 12.3. The molecule has 5 nitrogen and oxygen atoms in total. The van der Waals surface area contributed by atoms with Gasteiger partial charge in [-0.05, 0) is 62.5 Å². The Morgan fingerprint density at radius 2 is 2.07 bits per heavy atom. The van der Waals surface area contributed by atoms with E-state index in [2.05, 4.69) is 11.1 Å². The number of thiazole rings is 1. The summed E-state index contributed by atoms with van der Waals surface area (Å²) in [5.41, 5.74) is 3.69. The summed E-state index contributed by atoms with van der Waals surface area (Å²) < 4.78 is 5.50. The van der Waals surface area contributed by atoms with Gasteiger partial charge in [0, 0.05) is 18.7 Å². The molecule has 3 atom stereocenters. The molecule has 2 aliphatic carbocycles. The van der Waals surface area contributed by atoms with Crippen LogP contribution in [0.25, 0.3) is 0 Å². The highest BCUT2D eigenvalue weighted by atomic mass is 32.1. The number of carbonyl (C=O) groups is 2. The van der Waals surface area contributed by atoms with Crippen LogP contribution >= 0.6 is 11.3 Å². The first-order valence-corrected chi connectivity index (χ1v) is 11.3. The van der Waals surface area contributed by atoms with Crippen LogP contribution < -0.4 is 4.90 Å². The predicted octanol–water partition coefficient (Wildman–Crippen LogP) is 5.31. The van der Waals surface area contributed by atoms with Crippen LogP contribution in [0.3, 0.4) is 0 Å². The van der Waals surface area contributed by atoms with Gasteiger partial charge >= 0.3 is 5.97 Å². The first kappa shape index (κ1) is 20.1. The molecule has 1 heterocycles. The molecule has 2 bridgehead atoms. The summed E-state index contributed by atoms with van der Waals surface area (Å²) in [6.07, 6.45) is 5.62. The third-order valence-corrected chi connectivity index (χ3v) is 7.21. The number of ether oxygens (including phenoxy) is 1. The molecule has 4 rings (SSSR count). The Kier molecular flexibility index (Phi) is 5.72. The average molecular weight is 413 g/mol. The highest BCUT2D eigenvalue weighted by Gasteiger charge is 2.40. The van der Waals surface area contributed by atoms with E-state index in [1.54, 1.807) is 4.90 Å². The van der Waals surface area contributed by atoms with Gasteiger partial charge in [0.05, 0.1) is 11.4 Å². The molecule has 2 fully saturated rings. The average Bonchev–Trinajstić information content (AvgIpc) is 3.39. The number of hydrogen-bond acceptors (Lipinski definition) is 5. The number of esters is 1. The van der Waals surface area contributed by atoms with Gasteiger partial charge in [0.25, 0.3) is 0 Å². The third kappa shape index (κ3) is 4.37. The second-order valence-corrected chi connectivity index (χ2v) is 9.40. The fourth-order valence-electron chi connectivity index (χ4n) is 4.98. The molecular weight excluding hydrogens is 384 g/mol. The van der Waals surface area contributed by atoms with E-state index in [9.17, 15) is 9.59 Å². The highest BCUT2D eigenvalue weighted by Crippen LogP contribution is 2.49. The van der Waals surface area contributed by atoms with Crippen molar-refractivity contribution in [1.82, 2.24) is 4.98 Å². The normalized spacial score (nSPS) is 22.7. The first-order chi connectivity index (χ1) is 13.9. The van der Waals surface area contributed by atoms with E-state index in [4.69, 9.17) is 4.74 Å². The van der Waals surface area contributed by atoms with E-state index in [0.717, 1.165) is 28.7 Å². The number of rotatable bonds is 6. The number of anilines is 2. The SMILES string of the molecule is CC(=O)N(c1nc(COC(=O)C[C@@H]2C[C@@H]3CC[C@@H]2C3)cs1)c1ccc(C)cc1C. The van der Waals surface area contributed by atoms with Gasteiger partial charge in [-0.1, -0.05) is 24.1 Å². The van der Waals surface area contributed by atoms with Gasteiger partial charge < -0.3 is 4.74 Å². The van der Waals surface area contributed by atoms with Crippen molar-refractivity contribution in [1.29, 1.82) is 0 Å². The topological polar surface area (TPSA) is 59.5 Å². The Bertz CT molecular complexity index is 923. The van der Waals surface area contributed by atoms with Crippen LogP contribution in [0.1, 0.15) is 55.8 Å². The lowest BCUT2D eigenvalue weighted by Gasteiger charge is -2.20. The zero-order chi connectivity index (χ0) is 20.5. The number of aryl methyl sites for hydroxylation is 2. The van der Waals surface area contributed by atoms with Crippen molar-refractivity contribution < 1.29 is 14.3 Å². The van der Waals surface area contributed by atoms with Crippen LogP contribution in [-0.2, 0) is 20.9 Å². The summed E-state index contributed by atoms with van der Waals surface area (Å²) in [7, 11) is 0. The Morgan fingerprint density at radius 3 is 2.72 bits per heavy atom. The van der Waals surface area contributed by atoms with Gasteiger partial charge in [0.1, 0.15) is 6.61 Å². The predicted molar refractivity (Wildman–Crippen MR) is 114 cm³/mol. The molecule has 0 unspecified atom stereocenters. The van der Waals surface area contributed by atoms with E-state index >= 15 is 0 Å². The van der Waals surface area contributed by atoms with Gasteiger partial charge in [-0.2, -0.15) is 0 Å². The molecule has 2 saturated carbocycles. The van der Waals surface area contributed by atoms with Crippen molar-refractivity contribution in [2.45, 2.75) is 59.5 Å². The summed E-state index contributed by atoms with van der Waals surface area (Å²) >= 11 is 1.39. The number of carbonyl (C=O) groups excluding carboxylic acids is 2. The molecule has 0 N–H and O–H groups in total. The minimum Gasteiger partial charge on any atom is -0.459 e. The molecule has 1 aromatic heterocycles. The largest absolute Gasteiger partial charge is 0.459 e. The lowest BCUT2D eigenvalue weighted by molar-refractivity contribution is -0.146. The summed E-state index contributed by atoms with van der Waals surface area (Å²) in [6, 6.07) is 5.99. The van der Waals surface area contributed by atoms with E-state index in [0.29, 0.717) is 23.2 Å². The molecule has 2 aliphatic rings. The second-order valence-electron chi connectivity index (χ2n) is 8.57. The molecule has 154 valence electrons. The number of hydrogen-bond donors (Lipinski definition) is 0. The quantitative estimate of drug-likeness (QED) is 0.603. The fourth-order valence-corrected chi connectivity index (χ4v) is 5.85. The molecule has 0 radical (unpaired) electrons. The maximum atomic E-state index is 12.3. The van der Waals surface area contributed by atoms with Crippen LogP contribution in [0.2, 0.25) is 0 Å². The fraction of sp³-hybridized carbons (Fsp3) is 0.522. The van der Waals surface area contributed by atoms with Crippen LogP contribution in [0.4, 0.5) is 10.8 Å². The first-order valence-electron chi connectivity index (χ1n) is 10.4. The zero-order valence-electron chi connectivity index (χ0n) is 17.3. The Morgan fingerprint density at radius 1 is 1.24 bits per heavy atom. The summed E-state index contributed by atoms with van der Waals surface area (Å²) in [5.74, 6) is 1.84. The molecule has 0 saturated heterocycles. The van der Waals surface area contributed by atoms with Gasteiger partial charge in [0.15, 0.2) is 5.13 Å². The molecule has 29 heavy (non-hydrogen) atoms. The zero-order valence-corrected chi connectivity index (χ0v) is 18.1. The molecule has 1 amide bonds. The minimum atomic E-state index is -0.130. The standard InChI is InChI=1S/C23H28N2O3S/c1-14-4-7-21(15(2)8-14)25(16(3)26)23-24-20(13-29-23)12-28-22(27)11-19-10-17-5-6-18(19)9-17/h4,7-8,13,17-19H,5-6,9-12H2,1-3H3/t17-,18-,19+/m1/s1. The van der Waals surface area contributed by atoms with Crippen molar-refractivity contribution >= 4 is 34.0 Å². The van der Waals surface area contributed by atoms with Gasteiger partial charge in [0.2, 0.25) is 5.91 Å². The van der Waals surface area contributed by atoms with Crippen LogP contribution in [0, 0.1) is 31.6 Å². The third-order valence-electron chi connectivity index (χ3n) is 6.33. The summed E-state index contributed by atoms with van der Waals surface area (Å²) in [6.45, 7) is 5.72. The molecule has 1 aromatic carbocycles. The molecule has 0 spiro atoms. The number of benzene rings is 1. The van der Waals surface area contributed by atoms with Gasteiger partial charge in [-0.15, -0.1) is 11.3 Å². The smallest absolute Gasteiger partial charge is 0.306 e. The number of fused-ring (bicyclic) bond motifs is 2. The van der Waals surface area contributed by atoms with E-state index < -0.39 is 0 Å². The van der Waals surface area contributed by atoms with Crippen molar-refractivity contribution in [3.63, 3.8) is 0 Å². The van der Waals surface area contributed by atoms with Crippen molar-refractivity contribution in [3.8, 4) is 0 Å². The number of nitrogens with zero attached hydrogens (tertiary/aromatic N) is 2. The molecule has 2 aromatic rings. The maximum Gasteiger partial charge on any atom is 0.306 e. The molecular formula is C23H28N2O3S. The second kappa shape index (κ2) is 8.27. The van der Waals surface area contributed by atoms with Gasteiger partial charge in [-0.25, -0.2) is 4.98 Å².